The molecule has 0 bridgehead atoms. The fraction of sp³-hybridized carbons (Fsp3) is 0.400. The summed E-state index contributed by atoms with van der Waals surface area (Å²) in [6.45, 7) is 4.76. The lowest BCUT2D eigenvalue weighted by atomic mass is 10.0. The average Bonchev–Trinajstić information content (AvgIpc) is 3.08. The SMILES string of the molecule is CCOC(=O)c1c(CSc2ccccc2)n(C)c2cc(Br)c(O)c(CN3CCCCC3)c12. The molecule has 1 aliphatic rings. The Morgan fingerprint density at radius 1 is 1.19 bits per heavy atom. The van der Waals surface area contributed by atoms with Crippen LogP contribution < -0.4 is 0 Å². The van der Waals surface area contributed by atoms with E-state index in [4.69, 9.17) is 4.74 Å². The molecule has 7 heteroatoms. The zero-order valence-electron chi connectivity index (χ0n) is 18.6. The van der Waals surface area contributed by atoms with Crippen molar-refractivity contribution < 1.29 is 14.6 Å². The van der Waals surface area contributed by atoms with Gasteiger partial charge in [0.25, 0.3) is 0 Å². The number of hydrogen-bond acceptors (Lipinski definition) is 5. The summed E-state index contributed by atoms with van der Waals surface area (Å²) in [6.07, 6.45) is 3.57. The Hall–Kier alpha value is -1.96. The average molecular weight is 517 g/mol. The third-order valence-electron chi connectivity index (χ3n) is 6.07. The number of rotatable bonds is 7. The Kier molecular flexibility index (Phi) is 7.48. The first-order valence-corrected chi connectivity index (χ1v) is 12.9. The van der Waals surface area contributed by atoms with Gasteiger partial charge in [0.05, 0.1) is 22.2 Å². The number of ether oxygens (including phenoxy) is 1. The summed E-state index contributed by atoms with van der Waals surface area (Å²) in [5.74, 6) is 0.509. The van der Waals surface area contributed by atoms with Crippen molar-refractivity contribution in [1.29, 1.82) is 0 Å². The highest BCUT2D eigenvalue weighted by Crippen LogP contribution is 2.41. The van der Waals surface area contributed by atoms with Gasteiger partial charge in [-0.05, 0) is 67.0 Å². The van der Waals surface area contributed by atoms with E-state index in [0.29, 0.717) is 28.9 Å². The number of carbonyl (C=O) groups is 1. The standard InChI is InChI=1S/C25H29BrN2O3S/c1-3-31-25(30)23-21(16-32-17-10-6-4-7-11-17)27(2)20-14-19(26)24(29)18(22(20)23)15-28-12-8-5-9-13-28/h4,6-7,10-11,14,29H,3,5,8-9,12-13,15-16H2,1-2H3. The van der Waals surface area contributed by atoms with Crippen molar-refractivity contribution in [2.24, 2.45) is 7.05 Å². The zero-order valence-corrected chi connectivity index (χ0v) is 21.0. The molecule has 0 atom stereocenters. The molecule has 0 saturated carbocycles. The number of likely N-dealkylation sites (tertiary alicyclic amines) is 1. The number of hydrogen-bond donors (Lipinski definition) is 1. The van der Waals surface area contributed by atoms with Gasteiger partial charge < -0.3 is 14.4 Å². The van der Waals surface area contributed by atoms with Crippen LogP contribution in [0.2, 0.25) is 0 Å². The van der Waals surface area contributed by atoms with Crippen LogP contribution in [0.1, 0.15) is 47.8 Å². The predicted molar refractivity (Wildman–Crippen MR) is 133 cm³/mol. The molecule has 1 aliphatic heterocycles. The Labute approximate surface area is 201 Å². The molecule has 170 valence electrons. The van der Waals surface area contributed by atoms with Crippen LogP contribution in [0, 0.1) is 0 Å². The zero-order chi connectivity index (χ0) is 22.7. The first kappa shape index (κ1) is 23.2. The van der Waals surface area contributed by atoms with Gasteiger partial charge in [-0.1, -0.05) is 24.6 Å². The van der Waals surface area contributed by atoms with Gasteiger partial charge in [0.2, 0.25) is 0 Å². The molecule has 32 heavy (non-hydrogen) atoms. The lowest BCUT2D eigenvalue weighted by Gasteiger charge is -2.27. The first-order chi connectivity index (χ1) is 15.5. The fourth-order valence-corrected chi connectivity index (χ4v) is 5.88. The van der Waals surface area contributed by atoms with Crippen LogP contribution in [0.3, 0.4) is 0 Å². The summed E-state index contributed by atoms with van der Waals surface area (Å²) in [6, 6.07) is 12.1. The lowest BCUT2D eigenvalue weighted by Crippen LogP contribution is -2.29. The third-order valence-corrected chi connectivity index (χ3v) is 7.69. The van der Waals surface area contributed by atoms with Crippen molar-refractivity contribution in [3.63, 3.8) is 0 Å². The first-order valence-electron chi connectivity index (χ1n) is 11.1. The molecule has 0 unspecified atom stereocenters. The number of fused-ring (bicyclic) bond motifs is 1. The maximum absolute atomic E-state index is 13.2. The second-order valence-electron chi connectivity index (χ2n) is 8.12. The molecule has 0 aliphatic carbocycles. The van der Waals surface area contributed by atoms with E-state index >= 15 is 0 Å². The molecule has 1 aromatic heterocycles. The quantitative estimate of drug-likeness (QED) is 0.303. The summed E-state index contributed by atoms with van der Waals surface area (Å²) in [5, 5.41) is 11.8. The molecule has 0 spiro atoms. The minimum Gasteiger partial charge on any atom is -0.506 e. The van der Waals surface area contributed by atoms with Crippen molar-refractivity contribution >= 4 is 44.6 Å². The number of phenolic OH excluding ortho intramolecular Hbond substituents is 1. The van der Waals surface area contributed by atoms with E-state index in [1.54, 1.807) is 11.8 Å². The normalized spacial score (nSPS) is 14.7. The van der Waals surface area contributed by atoms with Crippen molar-refractivity contribution in [2.75, 3.05) is 19.7 Å². The van der Waals surface area contributed by atoms with E-state index in [-0.39, 0.29) is 11.7 Å². The van der Waals surface area contributed by atoms with E-state index in [0.717, 1.165) is 53.0 Å². The predicted octanol–water partition coefficient (Wildman–Crippen LogP) is 6.10. The summed E-state index contributed by atoms with van der Waals surface area (Å²) in [4.78, 5) is 16.7. The Morgan fingerprint density at radius 2 is 1.91 bits per heavy atom. The van der Waals surface area contributed by atoms with Crippen molar-refractivity contribution in [2.45, 2.75) is 43.4 Å². The maximum atomic E-state index is 13.2. The summed E-state index contributed by atoms with van der Waals surface area (Å²) in [7, 11) is 1.99. The van der Waals surface area contributed by atoms with Gasteiger partial charge in [0, 0.05) is 40.9 Å². The number of thioether (sulfide) groups is 1. The molecule has 5 nitrogen and oxygen atoms in total. The number of benzene rings is 2. The number of aromatic hydroxyl groups is 1. The number of aryl methyl sites for hydroxylation is 1. The molecule has 1 N–H and O–H groups in total. The van der Waals surface area contributed by atoms with Gasteiger partial charge in [0.15, 0.2) is 0 Å². The van der Waals surface area contributed by atoms with Crippen molar-refractivity contribution in [1.82, 2.24) is 9.47 Å². The van der Waals surface area contributed by atoms with Crippen LogP contribution in [0.5, 0.6) is 5.75 Å². The maximum Gasteiger partial charge on any atom is 0.340 e. The van der Waals surface area contributed by atoms with Crippen LogP contribution in [0.15, 0.2) is 45.8 Å². The molecule has 1 saturated heterocycles. The van der Waals surface area contributed by atoms with Crippen LogP contribution in [-0.4, -0.2) is 40.2 Å². The van der Waals surface area contributed by atoms with Gasteiger partial charge in [-0.25, -0.2) is 4.79 Å². The number of carbonyl (C=O) groups excluding carboxylic acids is 1. The smallest absolute Gasteiger partial charge is 0.340 e. The highest BCUT2D eigenvalue weighted by atomic mass is 79.9. The summed E-state index contributed by atoms with van der Waals surface area (Å²) >= 11 is 5.23. The number of aromatic nitrogens is 1. The molecule has 1 fully saturated rings. The molecule has 0 radical (unpaired) electrons. The van der Waals surface area contributed by atoms with Gasteiger partial charge in [0.1, 0.15) is 5.75 Å². The highest BCUT2D eigenvalue weighted by molar-refractivity contribution is 9.10. The van der Waals surface area contributed by atoms with E-state index in [9.17, 15) is 9.90 Å². The van der Waals surface area contributed by atoms with Gasteiger partial charge in [-0.3, -0.25) is 4.90 Å². The fourth-order valence-electron chi connectivity index (χ4n) is 4.43. The largest absolute Gasteiger partial charge is 0.506 e. The van der Waals surface area contributed by atoms with E-state index in [1.807, 2.05) is 38.2 Å². The van der Waals surface area contributed by atoms with Crippen LogP contribution in [0.4, 0.5) is 0 Å². The van der Waals surface area contributed by atoms with Gasteiger partial charge >= 0.3 is 5.97 Å². The summed E-state index contributed by atoms with van der Waals surface area (Å²) in [5.41, 5.74) is 3.20. The van der Waals surface area contributed by atoms with Gasteiger partial charge in [-0.15, -0.1) is 11.8 Å². The number of halogens is 1. The second kappa shape index (κ2) is 10.3. The minimum absolute atomic E-state index is 0.210. The second-order valence-corrected chi connectivity index (χ2v) is 10.0. The number of esters is 1. The lowest BCUT2D eigenvalue weighted by molar-refractivity contribution is 0.0527. The Balaban J connectivity index is 1.85. The van der Waals surface area contributed by atoms with Crippen LogP contribution in [-0.2, 0) is 24.1 Å². The topological polar surface area (TPSA) is 54.7 Å². The number of nitrogens with zero attached hydrogens (tertiary/aromatic N) is 2. The van der Waals surface area contributed by atoms with E-state index < -0.39 is 0 Å². The van der Waals surface area contributed by atoms with Gasteiger partial charge in [-0.2, -0.15) is 0 Å². The van der Waals surface area contributed by atoms with E-state index in [1.165, 1.54) is 6.42 Å². The highest BCUT2D eigenvalue weighted by Gasteiger charge is 2.28. The Morgan fingerprint density at radius 3 is 2.59 bits per heavy atom. The summed E-state index contributed by atoms with van der Waals surface area (Å²) < 4.78 is 8.21. The molecule has 4 rings (SSSR count). The van der Waals surface area contributed by atoms with E-state index in [2.05, 4.69) is 37.5 Å². The molecule has 3 aromatic rings. The molecule has 0 amide bonds. The molecule has 2 heterocycles. The van der Waals surface area contributed by atoms with Crippen LogP contribution >= 0.6 is 27.7 Å². The van der Waals surface area contributed by atoms with Crippen LogP contribution in [0.25, 0.3) is 10.9 Å². The molecular weight excluding hydrogens is 488 g/mol. The number of piperidine rings is 1. The van der Waals surface area contributed by atoms with Crippen molar-refractivity contribution in [3.8, 4) is 5.75 Å². The molecule has 2 aromatic carbocycles. The molecular formula is C25H29BrN2O3S. The minimum atomic E-state index is -0.330. The monoisotopic (exact) mass is 516 g/mol. The number of phenols is 1. The van der Waals surface area contributed by atoms with Crippen molar-refractivity contribution in [3.05, 3.63) is 57.7 Å². The Bertz CT molecular complexity index is 1110. The third kappa shape index (κ3) is 4.70.